The van der Waals surface area contributed by atoms with E-state index in [1.807, 2.05) is 6.92 Å². The van der Waals surface area contributed by atoms with Gasteiger partial charge in [-0.15, -0.1) is 0 Å². The van der Waals surface area contributed by atoms with Crippen LogP contribution in [0.3, 0.4) is 0 Å². The summed E-state index contributed by atoms with van der Waals surface area (Å²) in [6.45, 7) is 1.83. The topological polar surface area (TPSA) is 93.8 Å². The van der Waals surface area contributed by atoms with Crippen LogP contribution in [0.2, 0.25) is 0 Å². The zero-order valence-corrected chi connectivity index (χ0v) is 15.6. The Hall–Kier alpha value is -3.75. The maximum atomic E-state index is 12.9. The second-order valence-corrected chi connectivity index (χ2v) is 6.13. The van der Waals surface area contributed by atoms with Gasteiger partial charge in [0.15, 0.2) is 0 Å². The van der Waals surface area contributed by atoms with Gasteiger partial charge in [0, 0.05) is 20.2 Å². The van der Waals surface area contributed by atoms with E-state index in [1.165, 1.54) is 29.1 Å². The molecule has 0 atom stereocenters. The first-order valence-electron chi connectivity index (χ1n) is 8.41. The summed E-state index contributed by atoms with van der Waals surface area (Å²) >= 11 is 0. The minimum absolute atomic E-state index is 0.201. The lowest BCUT2D eigenvalue weighted by molar-refractivity contribution is -0.111. The number of carbonyl (C=O) groups is 2. The smallest absolute Gasteiger partial charge is 0.276 e. The Morgan fingerprint density at radius 3 is 2.29 bits per heavy atom. The largest absolute Gasteiger partial charge is 0.319 e. The molecule has 2 aromatic heterocycles. The lowest BCUT2D eigenvalue weighted by Gasteiger charge is -2.08. The number of amides is 2. The van der Waals surface area contributed by atoms with Crippen LogP contribution in [0, 0.1) is 12.7 Å². The Labute approximate surface area is 160 Å². The molecule has 2 amide bonds. The van der Waals surface area contributed by atoms with Crippen LogP contribution in [-0.2, 0) is 18.9 Å². The van der Waals surface area contributed by atoms with Gasteiger partial charge in [-0.25, -0.2) is 4.39 Å². The summed E-state index contributed by atoms with van der Waals surface area (Å²) < 4.78 is 15.9. The van der Waals surface area contributed by atoms with Crippen LogP contribution < -0.4 is 10.6 Å². The maximum Gasteiger partial charge on any atom is 0.276 e. The van der Waals surface area contributed by atoms with Gasteiger partial charge in [0.05, 0.1) is 29.5 Å². The molecule has 3 rings (SSSR count). The Kier molecular flexibility index (Phi) is 5.35. The standard InChI is InChI=1S/C19H19FN6O2/c1-12-15(10-21-25(12)2)24-19(28)18-16(11-22-26(18)3)23-17(27)9-6-13-4-7-14(20)8-5-13/h4-11H,1-3H3,(H,23,27)(H,24,28)/b9-6+. The Morgan fingerprint density at radius 2 is 1.64 bits per heavy atom. The highest BCUT2D eigenvalue weighted by Crippen LogP contribution is 2.18. The molecule has 9 heteroatoms. The molecule has 8 nitrogen and oxygen atoms in total. The third kappa shape index (κ3) is 4.14. The number of benzene rings is 1. The molecule has 0 radical (unpaired) electrons. The van der Waals surface area contributed by atoms with Gasteiger partial charge < -0.3 is 10.6 Å². The van der Waals surface area contributed by atoms with Crippen LogP contribution in [0.4, 0.5) is 15.8 Å². The molecule has 0 saturated carbocycles. The van der Waals surface area contributed by atoms with Gasteiger partial charge in [0.25, 0.3) is 5.91 Å². The van der Waals surface area contributed by atoms with Crippen molar-refractivity contribution in [1.29, 1.82) is 0 Å². The average Bonchev–Trinajstić information content (AvgIpc) is 3.18. The van der Waals surface area contributed by atoms with E-state index in [0.29, 0.717) is 11.3 Å². The highest BCUT2D eigenvalue weighted by molar-refractivity contribution is 6.10. The molecule has 0 unspecified atom stereocenters. The van der Waals surface area contributed by atoms with Gasteiger partial charge >= 0.3 is 0 Å². The third-order valence-corrected chi connectivity index (χ3v) is 4.19. The highest BCUT2D eigenvalue weighted by atomic mass is 19.1. The van der Waals surface area contributed by atoms with Gasteiger partial charge in [-0.2, -0.15) is 10.2 Å². The molecule has 0 aliphatic carbocycles. The molecule has 1 aromatic carbocycles. The molecular formula is C19H19FN6O2. The minimum atomic E-state index is -0.441. The van der Waals surface area contributed by atoms with E-state index in [9.17, 15) is 14.0 Å². The predicted octanol–water partition coefficient (Wildman–Crippen LogP) is 2.51. The van der Waals surface area contributed by atoms with Crippen LogP contribution in [-0.4, -0.2) is 31.4 Å². The van der Waals surface area contributed by atoms with Crippen molar-refractivity contribution in [2.24, 2.45) is 14.1 Å². The number of anilines is 2. The lowest BCUT2D eigenvalue weighted by atomic mass is 10.2. The summed E-state index contributed by atoms with van der Waals surface area (Å²) in [6.07, 6.45) is 5.79. The van der Waals surface area contributed by atoms with Crippen LogP contribution in [0.15, 0.2) is 42.7 Å². The molecule has 28 heavy (non-hydrogen) atoms. The fraction of sp³-hybridized carbons (Fsp3) is 0.158. The lowest BCUT2D eigenvalue weighted by Crippen LogP contribution is -2.19. The van der Waals surface area contributed by atoms with Gasteiger partial charge in [-0.3, -0.25) is 19.0 Å². The van der Waals surface area contributed by atoms with Crippen LogP contribution >= 0.6 is 0 Å². The zero-order chi connectivity index (χ0) is 20.3. The number of halogens is 1. The molecule has 0 aliphatic rings. The van der Waals surface area contributed by atoms with Crippen molar-refractivity contribution in [3.63, 3.8) is 0 Å². The Balaban J connectivity index is 1.73. The monoisotopic (exact) mass is 382 g/mol. The molecule has 0 bridgehead atoms. The summed E-state index contributed by atoms with van der Waals surface area (Å²) in [5.74, 6) is -1.21. The summed E-state index contributed by atoms with van der Waals surface area (Å²) in [7, 11) is 3.38. The van der Waals surface area contributed by atoms with Crippen molar-refractivity contribution < 1.29 is 14.0 Å². The van der Waals surface area contributed by atoms with E-state index in [2.05, 4.69) is 20.8 Å². The normalized spacial score (nSPS) is 11.0. The molecule has 144 valence electrons. The first kappa shape index (κ1) is 19.0. The second-order valence-electron chi connectivity index (χ2n) is 6.13. The highest BCUT2D eigenvalue weighted by Gasteiger charge is 2.19. The number of nitrogens with zero attached hydrogens (tertiary/aromatic N) is 4. The number of hydrogen-bond acceptors (Lipinski definition) is 4. The fourth-order valence-electron chi connectivity index (χ4n) is 2.52. The molecule has 0 spiro atoms. The van der Waals surface area contributed by atoms with Crippen molar-refractivity contribution in [1.82, 2.24) is 19.6 Å². The molecule has 0 saturated heterocycles. The number of nitrogens with one attached hydrogen (secondary N) is 2. The number of aryl methyl sites for hydroxylation is 2. The van der Waals surface area contributed by atoms with E-state index in [0.717, 1.165) is 5.69 Å². The van der Waals surface area contributed by atoms with Crippen molar-refractivity contribution in [3.8, 4) is 0 Å². The SMILES string of the molecule is Cc1c(NC(=O)c2c(NC(=O)/C=C/c3ccc(F)cc3)cnn2C)cnn1C. The van der Waals surface area contributed by atoms with Crippen LogP contribution in [0.25, 0.3) is 6.08 Å². The van der Waals surface area contributed by atoms with E-state index in [1.54, 1.807) is 43.2 Å². The second kappa shape index (κ2) is 7.87. The molecular weight excluding hydrogens is 363 g/mol. The summed E-state index contributed by atoms with van der Waals surface area (Å²) in [4.78, 5) is 24.9. The number of hydrogen-bond donors (Lipinski definition) is 2. The molecule has 3 aromatic rings. The van der Waals surface area contributed by atoms with E-state index in [-0.39, 0.29) is 17.2 Å². The third-order valence-electron chi connectivity index (χ3n) is 4.19. The Morgan fingerprint density at radius 1 is 1.00 bits per heavy atom. The van der Waals surface area contributed by atoms with Crippen molar-refractivity contribution in [2.75, 3.05) is 10.6 Å². The van der Waals surface area contributed by atoms with Crippen molar-refractivity contribution in [3.05, 3.63) is 65.5 Å². The van der Waals surface area contributed by atoms with E-state index >= 15 is 0 Å². The van der Waals surface area contributed by atoms with E-state index < -0.39 is 11.8 Å². The van der Waals surface area contributed by atoms with Crippen molar-refractivity contribution >= 4 is 29.3 Å². The zero-order valence-electron chi connectivity index (χ0n) is 15.6. The summed E-state index contributed by atoms with van der Waals surface area (Å²) in [6, 6.07) is 5.72. The van der Waals surface area contributed by atoms with E-state index in [4.69, 9.17) is 0 Å². The predicted molar refractivity (Wildman–Crippen MR) is 103 cm³/mol. The maximum absolute atomic E-state index is 12.9. The summed E-state index contributed by atoms with van der Waals surface area (Å²) in [5, 5.41) is 13.5. The van der Waals surface area contributed by atoms with Crippen molar-refractivity contribution in [2.45, 2.75) is 6.92 Å². The van der Waals surface area contributed by atoms with Crippen LogP contribution in [0.1, 0.15) is 21.7 Å². The number of aromatic nitrogens is 4. The molecule has 2 N–H and O–H groups in total. The Bertz CT molecular complexity index is 1050. The van der Waals surface area contributed by atoms with Gasteiger partial charge in [0.2, 0.25) is 5.91 Å². The quantitative estimate of drug-likeness (QED) is 0.663. The average molecular weight is 382 g/mol. The summed E-state index contributed by atoms with van der Waals surface area (Å²) in [5.41, 5.74) is 2.51. The molecule has 0 aliphatic heterocycles. The van der Waals surface area contributed by atoms with Gasteiger partial charge in [-0.1, -0.05) is 12.1 Å². The minimum Gasteiger partial charge on any atom is -0.319 e. The van der Waals surface area contributed by atoms with Crippen LogP contribution in [0.5, 0.6) is 0 Å². The molecule has 0 fully saturated rings. The first-order chi connectivity index (χ1) is 13.3. The number of carbonyl (C=O) groups excluding carboxylic acids is 2. The molecule has 2 heterocycles. The number of rotatable bonds is 5. The first-order valence-corrected chi connectivity index (χ1v) is 8.41. The fourth-order valence-corrected chi connectivity index (χ4v) is 2.52. The van der Waals surface area contributed by atoms with Gasteiger partial charge in [0.1, 0.15) is 11.5 Å². The van der Waals surface area contributed by atoms with Gasteiger partial charge in [-0.05, 0) is 30.7 Å².